The van der Waals surface area contributed by atoms with Gasteiger partial charge in [0.25, 0.3) is 5.91 Å². The van der Waals surface area contributed by atoms with Crippen molar-refractivity contribution in [1.82, 2.24) is 24.8 Å². The highest BCUT2D eigenvalue weighted by atomic mass is 16.2. The number of carbonyl (C=O) groups is 1. The molecule has 4 rings (SSSR count). The molecule has 0 saturated heterocycles. The predicted molar refractivity (Wildman–Crippen MR) is 110 cm³/mol. The number of nitrogens with zero attached hydrogens (tertiary/aromatic N) is 3. The van der Waals surface area contributed by atoms with E-state index in [9.17, 15) is 4.79 Å². The average molecular weight is 363 g/mol. The third kappa shape index (κ3) is 3.33. The molecule has 6 nitrogen and oxygen atoms in total. The van der Waals surface area contributed by atoms with E-state index in [0.29, 0.717) is 12.2 Å². The first-order valence-electron chi connectivity index (χ1n) is 8.90. The van der Waals surface area contributed by atoms with Gasteiger partial charge in [0.05, 0.1) is 5.69 Å². The molecule has 6 heteroatoms. The molecule has 2 N–H and O–H groups in total. The third-order valence-electron chi connectivity index (χ3n) is 4.78. The maximum absolute atomic E-state index is 12.7. The molecular formula is C21H25N5O. The van der Waals surface area contributed by atoms with Gasteiger partial charge < -0.3 is 14.9 Å². The van der Waals surface area contributed by atoms with Gasteiger partial charge in [0.15, 0.2) is 0 Å². The van der Waals surface area contributed by atoms with E-state index < -0.39 is 0 Å². The van der Waals surface area contributed by atoms with Gasteiger partial charge in [-0.3, -0.25) is 4.79 Å². The molecule has 0 atom stereocenters. The van der Waals surface area contributed by atoms with Crippen LogP contribution in [0.2, 0.25) is 0 Å². The second-order valence-electron chi connectivity index (χ2n) is 6.68. The number of fused-ring (bicyclic) bond motifs is 1. The van der Waals surface area contributed by atoms with E-state index in [-0.39, 0.29) is 8.76 Å². The number of nitrogens with one attached hydrogen (secondary N) is 2. The van der Waals surface area contributed by atoms with Crippen molar-refractivity contribution in [1.29, 1.82) is 0 Å². The minimum atomic E-state index is -0.0340. The number of rotatable bonds is 5. The first kappa shape index (κ1) is 17.0. The monoisotopic (exact) mass is 363 g/mol. The SMILES string of the molecule is Cc1c[nH]c2ncnc(-c3c[nH]c(C(=O)N(C)CCc4ccccc4)c3)c12.[HH].[HH]. The van der Waals surface area contributed by atoms with Crippen molar-refractivity contribution in [2.75, 3.05) is 13.6 Å². The number of amides is 1. The van der Waals surface area contributed by atoms with E-state index in [1.165, 1.54) is 11.9 Å². The van der Waals surface area contributed by atoms with Gasteiger partial charge in [0.2, 0.25) is 0 Å². The van der Waals surface area contributed by atoms with Crippen LogP contribution in [0, 0.1) is 6.92 Å². The number of benzene rings is 1. The Morgan fingerprint density at radius 1 is 1.15 bits per heavy atom. The number of aromatic nitrogens is 4. The van der Waals surface area contributed by atoms with Gasteiger partial charge in [0.1, 0.15) is 17.7 Å². The van der Waals surface area contributed by atoms with Crippen LogP contribution < -0.4 is 0 Å². The first-order chi connectivity index (χ1) is 13.1. The second-order valence-corrected chi connectivity index (χ2v) is 6.68. The summed E-state index contributed by atoms with van der Waals surface area (Å²) in [6.45, 7) is 2.67. The molecule has 0 fully saturated rings. The fourth-order valence-corrected chi connectivity index (χ4v) is 3.24. The van der Waals surface area contributed by atoms with Gasteiger partial charge in [-0.25, -0.2) is 9.97 Å². The Morgan fingerprint density at radius 2 is 1.96 bits per heavy atom. The van der Waals surface area contributed by atoms with Crippen LogP contribution in [0.4, 0.5) is 0 Å². The molecule has 0 spiro atoms. The molecule has 3 aromatic heterocycles. The summed E-state index contributed by atoms with van der Waals surface area (Å²) in [5.41, 5.74) is 5.35. The minimum Gasteiger partial charge on any atom is -0.357 e. The molecule has 0 bridgehead atoms. The fourth-order valence-electron chi connectivity index (χ4n) is 3.24. The van der Waals surface area contributed by atoms with Crippen LogP contribution in [0.1, 0.15) is 24.5 Å². The Labute approximate surface area is 160 Å². The number of aryl methyl sites for hydroxylation is 1. The number of hydrogen-bond acceptors (Lipinski definition) is 3. The zero-order chi connectivity index (χ0) is 18.8. The normalized spacial score (nSPS) is 11.0. The summed E-state index contributed by atoms with van der Waals surface area (Å²) in [6, 6.07) is 12.0. The van der Waals surface area contributed by atoms with Crippen molar-refractivity contribution in [3.63, 3.8) is 0 Å². The highest BCUT2D eigenvalue weighted by Crippen LogP contribution is 2.28. The van der Waals surface area contributed by atoms with E-state index in [0.717, 1.165) is 34.3 Å². The molecule has 140 valence electrons. The van der Waals surface area contributed by atoms with Crippen LogP contribution in [0.25, 0.3) is 22.3 Å². The highest BCUT2D eigenvalue weighted by molar-refractivity contribution is 5.97. The molecule has 0 aliphatic heterocycles. The fraction of sp³-hybridized carbons (Fsp3) is 0.190. The Hall–Kier alpha value is -3.41. The van der Waals surface area contributed by atoms with Crippen LogP contribution in [-0.4, -0.2) is 44.3 Å². The zero-order valence-electron chi connectivity index (χ0n) is 15.4. The maximum atomic E-state index is 12.7. The van der Waals surface area contributed by atoms with Crippen LogP contribution in [0.3, 0.4) is 0 Å². The maximum Gasteiger partial charge on any atom is 0.270 e. The molecule has 0 unspecified atom stereocenters. The second kappa shape index (κ2) is 7.07. The summed E-state index contributed by atoms with van der Waals surface area (Å²) in [7, 11) is 1.82. The quantitative estimate of drug-likeness (QED) is 0.561. The Bertz CT molecular complexity index is 1090. The Morgan fingerprint density at radius 3 is 2.78 bits per heavy atom. The molecular weight excluding hydrogens is 338 g/mol. The van der Waals surface area contributed by atoms with Crippen molar-refractivity contribution in [3.8, 4) is 11.3 Å². The van der Waals surface area contributed by atoms with Crippen LogP contribution in [-0.2, 0) is 6.42 Å². The molecule has 0 radical (unpaired) electrons. The standard InChI is InChI=1S/C21H21N5O.2H2/c1-14-11-23-20-18(14)19(24-13-25-20)16-10-17(22-12-16)21(27)26(2)9-8-15-6-4-3-5-7-15;;/h3-7,10-13,22H,8-9H2,1-2H3,(H,23,24,25);2*1H. The Balaban J connectivity index is 0.00000150. The largest absolute Gasteiger partial charge is 0.357 e. The highest BCUT2D eigenvalue weighted by Gasteiger charge is 2.17. The molecule has 27 heavy (non-hydrogen) atoms. The van der Waals surface area contributed by atoms with E-state index in [1.54, 1.807) is 4.90 Å². The van der Waals surface area contributed by atoms with Crippen molar-refractivity contribution in [2.24, 2.45) is 0 Å². The lowest BCUT2D eigenvalue weighted by atomic mass is 10.1. The molecule has 3 heterocycles. The number of H-pyrrole nitrogens is 2. The van der Waals surface area contributed by atoms with E-state index in [1.807, 2.05) is 50.6 Å². The van der Waals surface area contributed by atoms with Gasteiger partial charge in [-0.1, -0.05) is 30.3 Å². The van der Waals surface area contributed by atoms with E-state index >= 15 is 0 Å². The van der Waals surface area contributed by atoms with Gasteiger partial charge in [-0.05, 0) is 30.5 Å². The summed E-state index contributed by atoms with van der Waals surface area (Å²) in [4.78, 5) is 29.4. The Kier molecular flexibility index (Phi) is 4.46. The number of hydrogen-bond donors (Lipinski definition) is 2. The van der Waals surface area contributed by atoms with Crippen molar-refractivity contribution in [2.45, 2.75) is 13.3 Å². The smallest absolute Gasteiger partial charge is 0.270 e. The van der Waals surface area contributed by atoms with Crippen molar-refractivity contribution >= 4 is 16.9 Å². The van der Waals surface area contributed by atoms with E-state index in [4.69, 9.17) is 0 Å². The van der Waals surface area contributed by atoms with Gasteiger partial charge in [0, 0.05) is 39.8 Å². The average Bonchev–Trinajstić information content (AvgIpc) is 3.34. The van der Waals surface area contributed by atoms with E-state index in [2.05, 4.69) is 32.1 Å². The molecule has 1 amide bonds. The minimum absolute atomic E-state index is 0. The predicted octanol–water partition coefficient (Wildman–Crippen LogP) is 4.07. The third-order valence-corrected chi connectivity index (χ3v) is 4.78. The lowest BCUT2D eigenvalue weighted by Crippen LogP contribution is -2.29. The number of carbonyl (C=O) groups excluding carboxylic acids is 1. The summed E-state index contributed by atoms with van der Waals surface area (Å²) < 4.78 is 0. The van der Waals surface area contributed by atoms with Crippen LogP contribution in [0.5, 0.6) is 0 Å². The lowest BCUT2D eigenvalue weighted by molar-refractivity contribution is 0.0791. The van der Waals surface area contributed by atoms with Crippen LogP contribution >= 0.6 is 0 Å². The van der Waals surface area contributed by atoms with Crippen LogP contribution in [0.15, 0.2) is 55.1 Å². The summed E-state index contributed by atoms with van der Waals surface area (Å²) in [5, 5.41) is 0.980. The van der Waals surface area contributed by atoms with Crippen molar-refractivity contribution in [3.05, 3.63) is 71.9 Å². The van der Waals surface area contributed by atoms with Gasteiger partial charge in [-0.2, -0.15) is 0 Å². The van der Waals surface area contributed by atoms with Gasteiger partial charge >= 0.3 is 0 Å². The topological polar surface area (TPSA) is 77.7 Å². The molecule has 0 saturated carbocycles. The molecule has 1 aromatic carbocycles. The summed E-state index contributed by atoms with van der Waals surface area (Å²) >= 11 is 0. The summed E-state index contributed by atoms with van der Waals surface area (Å²) in [6.07, 6.45) is 6.10. The van der Waals surface area contributed by atoms with Crippen molar-refractivity contribution < 1.29 is 7.65 Å². The molecule has 0 aliphatic rings. The molecule has 4 aromatic rings. The lowest BCUT2D eigenvalue weighted by Gasteiger charge is -2.16. The molecule has 0 aliphatic carbocycles. The zero-order valence-corrected chi connectivity index (χ0v) is 15.4. The van der Waals surface area contributed by atoms with Gasteiger partial charge in [-0.15, -0.1) is 0 Å². The number of aromatic amines is 2. The number of likely N-dealkylation sites (N-methyl/N-ethyl adjacent to an activating group) is 1. The summed E-state index contributed by atoms with van der Waals surface area (Å²) in [5.74, 6) is -0.0340. The first-order valence-corrected chi connectivity index (χ1v) is 8.90.